The van der Waals surface area contributed by atoms with Crippen molar-refractivity contribution in [1.82, 2.24) is 4.90 Å². The topological polar surface area (TPSA) is 44.1 Å². The molecule has 1 fully saturated rings. The average Bonchev–Trinajstić information content (AvgIpc) is 2.50. The first-order valence-corrected chi connectivity index (χ1v) is 4.04. The van der Waals surface area contributed by atoms with E-state index >= 15 is 0 Å². The molecule has 1 aliphatic rings. The number of likely N-dealkylation sites (tertiary alicyclic amines) is 1. The van der Waals surface area contributed by atoms with Gasteiger partial charge >= 0.3 is 0 Å². The average molecular weight is 173 g/mol. The molecule has 0 aliphatic carbocycles. The molecule has 0 N–H and O–H groups in total. The van der Waals surface area contributed by atoms with Crippen molar-refractivity contribution in [2.45, 2.75) is 6.42 Å². The van der Waals surface area contributed by atoms with Gasteiger partial charge in [-0.05, 0) is 6.42 Å². The fraction of sp³-hybridized carbons (Fsp3) is 0.714. The zero-order chi connectivity index (χ0) is 8.27. The minimum Gasteiger partial charge on any atom is -0.340 e. The monoisotopic (exact) mass is 172 g/mol. The van der Waals surface area contributed by atoms with E-state index in [9.17, 15) is 4.79 Å². The van der Waals surface area contributed by atoms with Crippen molar-refractivity contribution in [2.75, 3.05) is 19.0 Å². The van der Waals surface area contributed by atoms with E-state index in [0.29, 0.717) is 13.1 Å². The van der Waals surface area contributed by atoms with Gasteiger partial charge in [0.15, 0.2) is 0 Å². The molecule has 0 bridgehead atoms. The van der Waals surface area contributed by atoms with E-state index in [1.165, 1.54) is 0 Å². The summed E-state index contributed by atoms with van der Waals surface area (Å²) in [7, 11) is 0. The maximum Gasteiger partial charge on any atom is 0.237 e. The van der Waals surface area contributed by atoms with Crippen LogP contribution >= 0.6 is 11.6 Å². The van der Waals surface area contributed by atoms with Crippen LogP contribution in [0.3, 0.4) is 0 Å². The molecule has 1 aliphatic heterocycles. The van der Waals surface area contributed by atoms with E-state index < -0.39 is 0 Å². The number of hydrogen-bond donors (Lipinski definition) is 0. The third kappa shape index (κ3) is 1.84. The number of carbonyl (C=O) groups excluding carboxylic acids is 1. The summed E-state index contributed by atoms with van der Waals surface area (Å²) >= 11 is 5.35. The first-order chi connectivity index (χ1) is 5.27. The van der Waals surface area contributed by atoms with Gasteiger partial charge in [-0.1, -0.05) is 0 Å². The Labute approximate surface area is 70.5 Å². The maximum atomic E-state index is 11.0. The van der Waals surface area contributed by atoms with Crippen LogP contribution in [0.2, 0.25) is 0 Å². The maximum absolute atomic E-state index is 11.0. The predicted molar refractivity (Wildman–Crippen MR) is 41.0 cm³/mol. The number of rotatable bonds is 1. The van der Waals surface area contributed by atoms with Crippen molar-refractivity contribution >= 4 is 17.5 Å². The summed E-state index contributed by atoms with van der Waals surface area (Å²) in [5, 5.41) is 8.52. The normalized spacial score (nSPS) is 23.3. The van der Waals surface area contributed by atoms with Crippen LogP contribution < -0.4 is 0 Å². The Morgan fingerprint density at radius 1 is 1.82 bits per heavy atom. The summed E-state index contributed by atoms with van der Waals surface area (Å²) < 4.78 is 0. The van der Waals surface area contributed by atoms with Crippen LogP contribution in [-0.4, -0.2) is 29.8 Å². The lowest BCUT2D eigenvalue weighted by Gasteiger charge is -2.12. The van der Waals surface area contributed by atoms with Crippen LogP contribution in [0.1, 0.15) is 6.42 Å². The van der Waals surface area contributed by atoms with E-state index in [0.717, 1.165) is 6.42 Å². The zero-order valence-corrected chi connectivity index (χ0v) is 6.84. The van der Waals surface area contributed by atoms with Crippen molar-refractivity contribution in [3.63, 3.8) is 0 Å². The predicted octanol–water partition coefficient (Wildman–Crippen LogP) is 0.597. The summed E-state index contributed by atoms with van der Waals surface area (Å²) in [5.74, 6) is -0.0235. The molecule has 1 heterocycles. The molecule has 0 aromatic heterocycles. The first-order valence-electron chi connectivity index (χ1n) is 3.51. The SMILES string of the molecule is N#C[C@H]1CCN(C(=O)CCl)C1. The third-order valence-corrected chi connectivity index (χ3v) is 2.07. The van der Waals surface area contributed by atoms with Gasteiger partial charge in [0, 0.05) is 13.1 Å². The third-order valence-electron chi connectivity index (χ3n) is 1.84. The van der Waals surface area contributed by atoms with Crippen LogP contribution in [0.4, 0.5) is 0 Å². The second-order valence-electron chi connectivity index (χ2n) is 2.59. The Morgan fingerprint density at radius 2 is 2.55 bits per heavy atom. The number of nitrogens with zero attached hydrogens (tertiary/aromatic N) is 2. The Morgan fingerprint density at radius 3 is 3.00 bits per heavy atom. The summed E-state index contributed by atoms with van der Waals surface area (Å²) in [6.07, 6.45) is 0.791. The minimum atomic E-state index is -0.0654. The standard InChI is InChI=1S/C7H9ClN2O/c8-3-7(11)10-2-1-6(4-9)5-10/h6H,1-3,5H2/t6-/m1/s1. The molecule has 4 heteroatoms. The number of alkyl halides is 1. The largest absolute Gasteiger partial charge is 0.340 e. The molecule has 1 atom stereocenters. The summed E-state index contributed by atoms with van der Waals surface area (Å²) in [6.45, 7) is 1.24. The second kappa shape index (κ2) is 3.59. The van der Waals surface area contributed by atoms with E-state index in [-0.39, 0.29) is 17.7 Å². The molecule has 0 aromatic carbocycles. The molecule has 0 saturated carbocycles. The van der Waals surface area contributed by atoms with Crippen molar-refractivity contribution in [3.05, 3.63) is 0 Å². The lowest BCUT2D eigenvalue weighted by Crippen LogP contribution is -2.29. The number of carbonyl (C=O) groups is 1. The van der Waals surface area contributed by atoms with Crippen LogP contribution in [0.5, 0.6) is 0 Å². The summed E-state index contributed by atoms with van der Waals surface area (Å²) in [5.41, 5.74) is 0. The number of amides is 1. The molecule has 3 nitrogen and oxygen atoms in total. The van der Waals surface area contributed by atoms with Crippen molar-refractivity contribution in [2.24, 2.45) is 5.92 Å². The van der Waals surface area contributed by atoms with Gasteiger partial charge in [-0.25, -0.2) is 0 Å². The van der Waals surface area contributed by atoms with E-state index in [1.807, 2.05) is 0 Å². The molecule has 0 aromatic rings. The molecule has 0 spiro atoms. The van der Waals surface area contributed by atoms with Gasteiger partial charge in [0.2, 0.25) is 5.91 Å². The zero-order valence-electron chi connectivity index (χ0n) is 6.09. The molecule has 60 valence electrons. The highest BCUT2D eigenvalue weighted by Crippen LogP contribution is 2.14. The van der Waals surface area contributed by atoms with Crippen molar-refractivity contribution in [3.8, 4) is 6.07 Å². The molecule has 1 saturated heterocycles. The second-order valence-corrected chi connectivity index (χ2v) is 2.86. The van der Waals surface area contributed by atoms with Crippen molar-refractivity contribution < 1.29 is 4.79 Å². The van der Waals surface area contributed by atoms with E-state index in [2.05, 4.69) is 6.07 Å². The van der Waals surface area contributed by atoms with Crippen molar-refractivity contribution in [1.29, 1.82) is 5.26 Å². The van der Waals surface area contributed by atoms with Gasteiger partial charge in [-0.2, -0.15) is 5.26 Å². The number of halogens is 1. The molecule has 0 unspecified atom stereocenters. The molecular formula is C7H9ClN2O. The van der Waals surface area contributed by atoms with Crippen LogP contribution in [-0.2, 0) is 4.79 Å². The smallest absolute Gasteiger partial charge is 0.237 e. The van der Waals surface area contributed by atoms with Crippen LogP contribution in [0.25, 0.3) is 0 Å². The van der Waals surface area contributed by atoms with Gasteiger partial charge in [0.1, 0.15) is 5.88 Å². The fourth-order valence-electron chi connectivity index (χ4n) is 1.18. The molecule has 11 heavy (non-hydrogen) atoms. The number of hydrogen-bond acceptors (Lipinski definition) is 2. The quantitative estimate of drug-likeness (QED) is 0.544. The summed E-state index contributed by atoms with van der Waals surface area (Å²) in [4.78, 5) is 12.6. The van der Waals surface area contributed by atoms with Gasteiger partial charge in [0.05, 0.1) is 12.0 Å². The van der Waals surface area contributed by atoms with Gasteiger partial charge < -0.3 is 4.90 Å². The van der Waals surface area contributed by atoms with E-state index in [1.54, 1.807) is 4.90 Å². The molecular weight excluding hydrogens is 164 g/mol. The Hall–Kier alpha value is -0.750. The summed E-state index contributed by atoms with van der Waals surface area (Å²) in [6, 6.07) is 2.14. The first kappa shape index (κ1) is 8.35. The Balaban J connectivity index is 2.43. The molecule has 1 amide bonds. The van der Waals surface area contributed by atoms with Gasteiger partial charge in [-0.3, -0.25) is 4.79 Å². The molecule has 1 rings (SSSR count). The Bertz CT molecular complexity index is 199. The fourth-order valence-corrected chi connectivity index (χ4v) is 1.35. The molecule has 0 radical (unpaired) electrons. The highest BCUT2D eigenvalue weighted by Gasteiger charge is 2.24. The lowest BCUT2D eigenvalue weighted by molar-refractivity contribution is -0.127. The number of nitriles is 1. The highest BCUT2D eigenvalue weighted by molar-refractivity contribution is 6.27. The van der Waals surface area contributed by atoms with Gasteiger partial charge in [-0.15, -0.1) is 11.6 Å². The van der Waals surface area contributed by atoms with Crippen LogP contribution in [0.15, 0.2) is 0 Å². The lowest BCUT2D eigenvalue weighted by atomic mass is 10.1. The Kier molecular flexibility index (Phi) is 2.72. The van der Waals surface area contributed by atoms with Gasteiger partial charge in [0.25, 0.3) is 0 Å². The van der Waals surface area contributed by atoms with Crippen LogP contribution in [0, 0.1) is 17.2 Å². The van der Waals surface area contributed by atoms with E-state index in [4.69, 9.17) is 16.9 Å². The highest BCUT2D eigenvalue weighted by atomic mass is 35.5. The minimum absolute atomic E-state index is 0.0159.